The van der Waals surface area contributed by atoms with Crippen molar-refractivity contribution < 1.29 is 14.1 Å². The van der Waals surface area contributed by atoms with Gasteiger partial charge in [-0.25, -0.2) is 0 Å². The third-order valence-corrected chi connectivity index (χ3v) is 3.79. The number of nitrogens with one attached hydrogen (secondary N) is 1. The standard InChI is InChI=1S/C15H15ClN2O3/c1-20-7-6-17-15(19)13-12-4-2-9-8-10(16)3-5-11(9)14(12)21-18-13/h3,5,8H,2,4,6-7H2,1H3,(H,17,19). The smallest absolute Gasteiger partial charge is 0.273 e. The highest BCUT2D eigenvalue weighted by atomic mass is 35.5. The van der Waals surface area contributed by atoms with Crippen LogP contribution in [0.15, 0.2) is 22.7 Å². The molecule has 2 aromatic rings. The summed E-state index contributed by atoms with van der Waals surface area (Å²) >= 11 is 6.01. The number of aryl methyl sites for hydroxylation is 1. The van der Waals surface area contributed by atoms with Gasteiger partial charge in [-0.3, -0.25) is 4.79 Å². The van der Waals surface area contributed by atoms with Gasteiger partial charge in [-0.2, -0.15) is 0 Å². The number of benzene rings is 1. The Kier molecular flexibility index (Phi) is 3.94. The summed E-state index contributed by atoms with van der Waals surface area (Å²) in [5.74, 6) is 0.444. The molecule has 0 bridgehead atoms. The van der Waals surface area contributed by atoms with Crippen molar-refractivity contribution >= 4 is 17.5 Å². The quantitative estimate of drug-likeness (QED) is 0.881. The van der Waals surface area contributed by atoms with Crippen molar-refractivity contribution in [3.8, 4) is 11.3 Å². The predicted molar refractivity (Wildman–Crippen MR) is 78.6 cm³/mol. The van der Waals surface area contributed by atoms with Crippen molar-refractivity contribution in [3.05, 3.63) is 40.0 Å². The molecule has 0 spiro atoms. The number of halogens is 1. The summed E-state index contributed by atoms with van der Waals surface area (Å²) in [7, 11) is 1.59. The molecule has 21 heavy (non-hydrogen) atoms. The second kappa shape index (κ2) is 5.87. The van der Waals surface area contributed by atoms with Crippen molar-refractivity contribution in [1.82, 2.24) is 10.5 Å². The molecule has 110 valence electrons. The summed E-state index contributed by atoms with van der Waals surface area (Å²) in [5.41, 5.74) is 3.31. The number of carbonyl (C=O) groups is 1. The number of amides is 1. The minimum absolute atomic E-state index is 0.227. The molecule has 0 fully saturated rings. The lowest BCUT2D eigenvalue weighted by atomic mass is 9.89. The van der Waals surface area contributed by atoms with E-state index in [0.29, 0.717) is 29.6 Å². The van der Waals surface area contributed by atoms with E-state index < -0.39 is 0 Å². The molecular weight excluding hydrogens is 292 g/mol. The molecule has 6 heteroatoms. The number of ether oxygens (including phenoxy) is 1. The molecule has 1 amide bonds. The van der Waals surface area contributed by atoms with Gasteiger partial charge in [0.05, 0.1) is 6.61 Å². The van der Waals surface area contributed by atoms with Crippen molar-refractivity contribution in [2.24, 2.45) is 0 Å². The highest BCUT2D eigenvalue weighted by Gasteiger charge is 2.27. The van der Waals surface area contributed by atoms with E-state index in [-0.39, 0.29) is 5.91 Å². The molecule has 1 aliphatic rings. The molecule has 0 unspecified atom stereocenters. The fraction of sp³-hybridized carbons (Fsp3) is 0.333. The largest absolute Gasteiger partial charge is 0.383 e. The van der Waals surface area contributed by atoms with E-state index in [2.05, 4.69) is 10.5 Å². The highest BCUT2D eigenvalue weighted by molar-refractivity contribution is 6.30. The van der Waals surface area contributed by atoms with Gasteiger partial charge in [-0.15, -0.1) is 0 Å². The van der Waals surface area contributed by atoms with Gasteiger partial charge >= 0.3 is 0 Å². The van der Waals surface area contributed by atoms with Crippen molar-refractivity contribution in [2.75, 3.05) is 20.3 Å². The summed E-state index contributed by atoms with van der Waals surface area (Å²) in [5, 5.41) is 7.40. The fourth-order valence-electron chi connectivity index (χ4n) is 2.53. The molecule has 1 aromatic heterocycles. The predicted octanol–water partition coefficient (Wildman–Crippen LogP) is 2.47. The van der Waals surface area contributed by atoms with E-state index in [0.717, 1.165) is 29.5 Å². The van der Waals surface area contributed by atoms with Gasteiger partial charge in [-0.05, 0) is 36.6 Å². The lowest BCUT2D eigenvalue weighted by molar-refractivity contribution is 0.0927. The maximum absolute atomic E-state index is 12.1. The number of nitrogens with zero attached hydrogens (tertiary/aromatic N) is 1. The molecule has 3 rings (SSSR count). The summed E-state index contributed by atoms with van der Waals surface area (Å²) < 4.78 is 10.3. The Bertz CT molecular complexity index is 682. The Morgan fingerprint density at radius 2 is 2.33 bits per heavy atom. The van der Waals surface area contributed by atoms with Crippen LogP contribution in [0.25, 0.3) is 11.3 Å². The average Bonchev–Trinajstić information content (AvgIpc) is 2.91. The van der Waals surface area contributed by atoms with Gasteiger partial charge < -0.3 is 14.6 Å². The first kappa shape index (κ1) is 14.1. The fourth-order valence-corrected chi connectivity index (χ4v) is 2.73. The maximum Gasteiger partial charge on any atom is 0.273 e. The van der Waals surface area contributed by atoms with Crippen molar-refractivity contribution in [1.29, 1.82) is 0 Å². The Balaban J connectivity index is 1.89. The first-order chi connectivity index (χ1) is 10.2. The van der Waals surface area contributed by atoms with Crippen LogP contribution in [-0.2, 0) is 17.6 Å². The van der Waals surface area contributed by atoms with Crippen molar-refractivity contribution in [3.63, 3.8) is 0 Å². The zero-order valence-electron chi connectivity index (χ0n) is 11.6. The topological polar surface area (TPSA) is 64.4 Å². The van der Waals surface area contributed by atoms with Gasteiger partial charge in [0.15, 0.2) is 11.5 Å². The lowest BCUT2D eigenvalue weighted by Crippen LogP contribution is -2.28. The van der Waals surface area contributed by atoms with Crippen LogP contribution in [-0.4, -0.2) is 31.3 Å². The number of fused-ring (bicyclic) bond motifs is 3. The SMILES string of the molecule is COCCNC(=O)c1noc2c1CCc1cc(Cl)ccc1-2. The van der Waals surface area contributed by atoms with Gasteiger partial charge in [0.2, 0.25) is 0 Å². The third-order valence-electron chi connectivity index (χ3n) is 3.55. The lowest BCUT2D eigenvalue weighted by Gasteiger charge is -2.14. The molecule has 1 N–H and O–H groups in total. The van der Waals surface area contributed by atoms with E-state index in [1.165, 1.54) is 0 Å². The summed E-state index contributed by atoms with van der Waals surface area (Å²) in [6, 6.07) is 5.66. The maximum atomic E-state index is 12.1. The second-order valence-electron chi connectivity index (χ2n) is 4.89. The first-order valence-corrected chi connectivity index (χ1v) is 7.13. The number of carbonyl (C=O) groups excluding carboxylic acids is 1. The monoisotopic (exact) mass is 306 g/mol. The average molecular weight is 307 g/mol. The minimum atomic E-state index is -0.227. The number of hydrogen-bond acceptors (Lipinski definition) is 4. The van der Waals surface area contributed by atoms with E-state index in [4.69, 9.17) is 20.9 Å². The van der Waals surface area contributed by atoms with E-state index >= 15 is 0 Å². The molecule has 0 saturated carbocycles. The molecule has 1 heterocycles. The van der Waals surface area contributed by atoms with Crippen LogP contribution in [0.3, 0.4) is 0 Å². The second-order valence-corrected chi connectivity index (χ2v) is 5.33. The van der Waals surface area contributed by atoms with Crippen LogP contribution in [0, 0.1) is 0 Å². The molecule has 0 radical (unpaired) electrons. The molecular formula is C15H15ClN2O3. The van der Waals surface area contributed by atoms with Crippen LogP contribution in [0.5, 0.6) is 0 Å². The van der Waals surface area contributed by atoms with Gasteiger partial charge in [-0.1, -0.05) is 16.8 Å². The Morgan fingerprint density at radius 1 is 1.48 bits per heavy atom. The zero-order chi connectivity index (χ0) is 14.8. The number of aromatic nitrogens is 1. The highest BCUT2D eigenvalue weighted by Crippen LogP contribution is 2.36. The molecule has 0 aliphatic heterocycles. The van der Waals surface area contributed by atoms with Crippen LogP contribution < -0.4 is 5.32 Å². The van der Waals surface area contributed by atoms with Gasteiger partial charge in [0, 0.05) is 29.8 Å². The van der Waals surface area contributed by atoms with E-state index in [1.807, 2.05) is 18.2 Å². The minimum Gasteiger partial charge on any atom is -0.383 e. The first-order valence-electron chi connectivity index (χ1n) is 6.75. The van der Waals surface area contributed by atoms with Gasteiger partial charge in [0.1, 0.15) is 0 Å². The summed E-state index contributed by atoms with van der Waals surface area (Å²) in [6.45, 7) is 0.913. The zero-order valence-corrected chi connectivity index (χ0v) is 12.4. The number of rotatable bonds is 4. The van der Waals surface area contributed by atoms with Crippen LogP contribution in [0.1, 0.15) is 21.6 Å². The number of methoxy groups -OCH3 is 1. The van der Waals surface area contributed by atoms with Crippen LogP contribution >= 0.6 is 11.6 Å². The Hall–Kier alpha value is -1.85. The van der Waals surface area contributed by atoms with E-state index in [1.54, 1.807) is 7.11 Å². The normalized spacial score (nSPS) is 12.7. The van der Waals surface area contributed by atoms with Crippen LogP contribution in [0.2, 0.25) is 5.02 Å². The Labute approximate surface area is 127 Å². The molecule has 1 aliphatic carbocycles. The summed E-state index contributed by atoms with van der Waals surface area (Å²) in [6.07, 6.45) is 1.54. The molecule has 0 saturated heterocycles. The van der Waals surface area contributed by atoms with Gasteiger partial charge in [0.25, 0.3) is 5.91 Å². The molecule has 5 nitrogen and oxygen atoms in total. The number of hydrogen-bond donors (Lipinski definition) is 1. The Morgan fingerprint density at radius 3 is 3.14 bits per heavy atom. The van der Waals surface area contributed by atoms with Crippen LogP contribution in [0.4, 0.5) is 0 Å². The third kappa shape index (κ3) is 2.66. The summed E-state index contributed by atoms with van der Waals surface area (Å²) in [4.78, 5) is 12.1. The molecule has 1 aromatic carbocycles. The molecule has 0 atom stereocenters. The van der Waals surface area contributed by atoms with Crippen molar-refractivity contribution in [2.45, 2.75) is 12.8 Å². The van der Waals surface area contributed by atoms with E-state index in [9.17, 15) is 4.79 Å².